The van der Waals surface area contributed by atoms with Crippen molar-refractivity contribution < 1.29 is 14.3 Å². The molecule has 0 bridgehead atoms. The fourth-order valence-corrected chi connectivity index (χ4v) is 4.21. The number of benzene rings is 1. The summed E-state index contributed by atoms with van der Waals surface area (Å²) < 4.78 is 11.4. The Hall–Kier alpha value is -1.46. The van der Waals surface area contributed by atoms with Crippen LogP contribution < -0.4 is 14.8 Å². The molecular weight excluding hydrogens is 340 g/mol. The lowest BCUT2D eigenvalue weighted by atomic mass is 9.91. The third kappa shape index (κ3) is 3.58. The van der Waals surface area contributed by atoms with Crippen LogP contribution in [0.15, 0.2) is 12.1 Å². The van der Waals surface area contributed by atoms with Crippen LogP contribution in [0.3, 0.4) is 0 Å². The van der Waals surface area contributed by atoms with E-state index in [0.717, 1.165) is 37.8 Å². The summed E-state index contributed by atoms with van der Waals surface area (Å²) in [6, 6.07) is 3.79. The first-order chi connectivity index (χ1) is 12.1. The van der Waals surface area contributed by atoms with Crippen molar-refractivity contribution in [1.29, 1.82) is 0 Å². The lowest BCUT2D eigenvalue weighted by molar-refractivity contribution is -0.137. The molecule has 6 heteroatoms. The van der Waals surface area contributed by atoms with Crippen molar-refractivity contribution in [2.24, 2.45) is 0 Å². The zero-order chi connectivity index (χ0) is 17.9. The summed E-state index contributed by atoms with van der Waals surface area (Å²) in [6.45, 7) is 7.20. The Bertz CT molecular complexity index is 629. The van der Waals surface area contributed by atoms with Crippen molar-refractivity contribution in [3.05, 3.63) is 22.7 Å². The first-order valence-corrected chi connectivity index (χ1v) is 9.60. The number of nitrogens with zero attached hydrogens (tertiary/aromatic N) is 1. The quantitative estimate of drug-likeness (QED) is 0.838. The largest absolute Gasteiger partial charge is 0.490 e. The molecule has 0 atom stereocenters. The number of ether oxygens (including phenoxy) is 2. The molecular formula is C19H27ClN2O3. The topological polar surface area (TPSA) is 50.8 Å². The molecule has 1 saturated carbocycles. The summed E-state index contributed by atoms with van der Waals surface area (Å²) in [4.78, 5) is 14.9. The fourth-order valence-electron chi connectivity index (χ4n) is 4.00. The molecule has 1 heterocycles. The summed E-state index contributed by atoms with van der Waals surface area (Å²) in [6.07, 6.45) is 4.05. The van der Waals surface area contributed by atoms with Crippen LogP contribution in [0.25, 0.3) is 0 Å². The molecule has 2 fully saturated rings. The van der Waals surface area contributed by atoms with E-state index in [4.69, 9.17) is 21.1 Å². The molecule has 0 radical (unpaired) electrons. The highest BCUT2D eigenvalue weighted by atomic mass is 35.5. The third-order valence-corrected chi connectivity index (χ3v) is 5.55. The number of halogens is 1. The lowest BCUT2D eigenvalue weighted by Crippen LogP contribution is -2.63. The Morgan fingerprint density at radius 1 is 1.16 bits per heavy atom. The normalized spacial score (nSPS) is 19.9. The molecule has 0 aromatic heterocycles. The lowest BCUT2D eigenvalue weighted by Gasteiger charge is -2.43. The monoisotopic (exact) mass is 366 g/mol. The summed E-state index contributed by atoms with van der Waals surface area (Å²) in [5.74, 6) is 1.55. The highest BCUT2D eigenvalue weighted by Gasteiger charge is 2.47. The van der Waals surface area contributed by atoms with E-state index in [-0.39, 0.29) is 11.4 Å². The van der Waals surface area contributed by atoms with Crippen molar-refractivity contribution in [2.75, 3.05) is 26.3 Å². The summed E-state index contributed by atoms with van der Waals surface area (Å²) >= 11 is 6.53. The Morgan fingerprint density at radius 2 is 1.80 bits per heavy atom. The molecule has 1 amide bonds. The number of nitrogens with one attached hydrogen (secondary N) is 1. The predicted octanol–water partition coefficient (Wildman–Crippen LogP) is 3.38. The van der Waals surface area contributed by atoms with Crippen molar-refractivity contribution in [3.8, 4) is 11.5 Å². The molecule has 5 nitrogen and oxygen atoms in total. The first kappa shape index (κ1) is 18.3. The number of rotatable bonds is 6. The minimum atomic E-state index is -0.369. The van der Waals surface area contributed by atoms with Gasteiger partial charge in [-0.05, 0) is 38.3 Å². The van der Waals surface area contributed by atoms with Gasteiger partial charge < -0.3 is 14.8 Å². The maximum atomic E-state index is 12.6. The average molecular weight is 367 g/mol. The van der Waals surface area contributed by atoms with E-state index in [0.29, 0.717) is 42.8 Å². The maximum absolute atomic E-state index is 12.6. The smallest absolute Gasteiger partial charge is 0.240 e. The molecule has 138 valence electrons. The number of hydrogen-bond donors (Lipinski definition) is 1. The number of carbonyl (C=O) groups excluding carboxylic acids is 1. The second-order valence-electron chi connectivity index (χ2n) is 6.67. The van der Waals surface area contributed by atoms with Crippen LogP contribution >= 0.6 is 11.6 Å². The molecule has 1 N–H and O–H groups in total. The van der Waals surface area contributed by atoms with Crippen LogP contribution in [0.4, 0.5) is 0 Å². The van der Waals surface area contributed by atoms with Crippen LogP contribution in [0.1, 0.15) is 45.1 Å². The minimum absolute atomic E-state index is 0.170. The van der Waals surface area contributed by atoms with Gasteiger partial charge in [-0.15, -0.1) is 0 Å². The van der Waals surface area contributed by atoms with Crippen molar-refractivity contribution >= 4 is 17.5 Å². The first-order valence-electron chi connectivity index (χ1n) is 9.22. The molecule has 1 aromatic rings. The SMILES string of the molecule is CCOc1cc(Cl)c(CN2CCNC(=O)C23CCCC3)cc1OCC. The maximum Gasteiger partial charge on any atom is 0.240 e. The van der Waals surface area contributed by atoms with Gasteiger partial charge >= 0.3 is 0 Å². The standard InChI is InChI=1S/C19H27ClN2O3/c1-3-24-16-11-14(15(20)12-17(16)25-4-2)13-22-10-9-21-18(23)19(22)7-5-6-8-19/h11-12H,3-10,13H2,1-2H3,(H,21,23). The van der Waals surface area contributed by atoms with E-state index in [1.807, 2.05) is 26.0 Å². The van der Waals surface area contributed by atoms with Gasteiger partial charge in [0, 0.05) is 30.7 Å². The Labute approximate surface area is 154 Å². The van der Waals surface area contributed by atoms with Gasteiger partial charge in [0.2, 0.25) is 5.91 Å². The molecule has 1 saturated heterocycles. The summed E-state index contributed by atoms with van der Waals surface area (Å²) in [5, 5.41) is 3.70. The molecule has 2 aliphatic rings. The van der Waals surface area contributed by atoms with Crippen molar-refractivity contribution in [3.63, 3.8) is 0 Å². The van der Waals surface area contributed by atoms with Crippen LogP contribution in [-0.4, -0.2) is 42.6 Å². The number of amides is 1. The molecule has 1 aliphatic heterocycles. The van der Waals surface area contributed by atoms with Gasteiger partial charge in [0.15, 0.2) is 11.5 Å². The number of hydrogen-bond acceptors (Lipinski definition) is 4. The second kappa shape index (κ2) is 7.83. The molecule has 25 heavy (non-hydrogen) atoms. The zero-order valence-corrected chi connectivity index (χ0v) is 15.8. The molecule has 1 spiro atoms. The predicted molar refractivity (Wildman–Crippen MR) is 98.4 cm³/mol. The van der Waals surface area contributed by atoms with E-state index in [9.17, 15) is 4.79 Å². The fraction of sp³-hybridized carbons (Fsp3) is 0.632. The molecule has 0 unspecified atom stereocenters. The van der Waals surface area contributed by atoms with Crippen LogP contribution in [0.5, 0.6) is 11.5 Å². The van der Waals surface area contributed by atoms with Crippen molar-refractivity contribution in [1.82, 2.24) is 10.2 Å². The molecule has 3 rings (SSSR count). The number of piperazine rings is 1. The highest BCUT2D eigenvalue weighted by Crippen LogP contribution is 2.40. The summed E-state index contributed by atoms with van der Waals surface area (Å²) in [5.41, 5.74) is 0.612. The van der Waals surface area contributed by atoms with Gasteiger partial charge in [-0.25, -0.2) is 0 Å². The van der Waals surface area contributed by atoms with E-state index in [1.165, 1.54) is 0 Å². The van der Waals surface area contributed by atoms with E-state index in [1.54, 1.807) is 0 Å². The number of carbonyl (C=O) groups is 1. The highest BCUT2D eigenvalue weighted by molar-refractivity contribution is 6.31. The van der Waals surface area contributed by atoms with Gasteiger partial charge in [0.05, 0.1) is 13.2 Å². The van der Waals surface area contributed by atoms with Crippen LogP contribution in [0.2, 0.25) is 5.02 Å². The zero-order valence-electron chi connectivity index (χ0n) is 15.1. The Morgan fingerprint density at radius 3 is 2.44 bits per heavy atom. The van der Waals surface area contributed by atoms with E-state index >= 15 is 0 Å². The molecule has 1 aromatic carbocycles. The molecule has 1 aliphatic carbocycles. The third-order valence-electron chi connectivity index (χ3n) is 5.20. The van der Waals surface area contributed by atoms with Gasteiger partial charge in [0.25, 0.3) is 0 Å². The Balaban J connectivity index is 1.88. The van der Waals surface area contributed by atoms with Gasteiger partial charge in [0.1, 0.15) is 5.54 Å². The van der Waals surface area contributed by atoms with Crippen LogP contribution in [-0.2, 0) is 11.3 Å². The van der Waals surface area contributed by atoms with E-state index < -0.39 is 0 Å². The minimum Gasteiger partial charge on any atom is -0.490 e. The van der Waals surface area contributed by atoms with Gasteiger partial charge in [-0.2, -0.15) is 0 Å². The van der Waals surface area contributed by atoms with Gasteiger partial charge in [-0.3, -0.25) is 9.69 Å². The second-order valence-corrected chi connectivity index (χ2v) is 7.08. The Kier molecular flexibility index (Phi) is 5.74. The van der Waals surface area contributed by atoms with Crippen LogP contribution in [0, 0.1) is 0 Å². The van der Waals surface area contributed by atoms with Gasteiger partial charge in [-0.1, -0.05) is 24.4 Å². The average Bonchev–Trinajstić information content (AvgIpc) is 3.07. The summed E-state index contributed by atoms with van der Waals surface area (Å²) in [7, 11) is 0. The van der Waals surface area contributed by atoms with E-state index in [2.05, 4.69) is 10.2 Å². The van der Waals surface area contributed by atoms with Crippen molar-refractivity contribution in [2.45, 2.75) is 51.6 Å².